The molecule has 0 amide bonds. The zero-order valence-electron chi connectivity index (χ0n) is 13.5. The van der Waals surface area contributed by atoms with Gasteiger partial charge in [-0.2, -0.15) is 4.98 Å². The molecule has 0 spiro atoms. The van der Waals surface area contributed by atoms with E-state index >= 15 is 0 Å². The van der Waals surface area contributed by atoms with Crippen LogP contribution in [0.2, 0.25) is 0 Å². The summed E-state index contributed by atoms with van der Waals surface area (Å²) in [5.74, 6) is -1.68. The van der Waals surface area contributed by atoms with E-state index in [-0.39, 0.29) is 17.7 Å². The summed E-state index contributed by atoms with van der Waals surface area (Å²) in [4.78, 5) is 4.03. The van der Waals surface area contributed by atoms with Gasteiger partial charge in [0.2, 0.25) is 5.95 Å². The largest absolute Gasteiger partial charge is 0.380 e. The van der Waals surface area contributed by atoms with Gasteiger partial charge in [0.1, 0.15) is 23.6 Å². The van der Waals surface area contributed by atoms with Gasteiger partial charge >= 0.3 is 0 Å². The Bertz CT molecular complexity index is 938. The lowest BCUT2D eigenvalue weighted by Gasteiger charge is -2.29. The molecule has 2 heterocycles. The maximum atomic E-state index is 13.8. The summed E-state index contributed by atoms with van der Waals surface area (Å²) in [6.07, 6.45) is 1.29. The summed E-state index contributed by atoms with van der Waals surface area (Å²) in [5.41, 5.74) is 1.16. The van der Waals surface area contributed by atoms with Crippen molar-refractivity contribution in [3.63, 3.8) is 0 Å². The third-order valence-electron chi connectivity index (χ3n) is 3.95. The number of hydrogen-bond acceptors (Lipinski definition) is 5. The number of rotatable bonds is 5. The van der Waals surface area contributed by atoms with E-state index in [1.165, 1.54) is 29.2 Å². The molecule has 0 atom stereocenters. The molecule has 3 aromatic rings. The number of anilines is 3. The van der Waals surface area contributed by atoms with E-state index in [0.717, 1.165) is 25.2 Å². The Morgan fingerprint density at radius 3 is 2.54 bits per heavy atom. The standard InChI is InChI=1S/C17H15F3N6/c18-10-1-2-16(15(20)5-10)26-9-22-17(25-26)24-13-4-11(19)3-12(6-13)23-14-7-21-8-14/h1-6,9,14,21,23H,7-8H2,(H,24,25). The van der Waals surface area contributed by atoms with Crippen LogP contribution in [-0.2, 0) is 0 Å². The van der Waals surface area contributed by atoms with Crippen molar-refractivity contribution in [1.82, 2.24) is 20.1 Å². The minimum Gasteiger partial charge on any atom is -0.380 e. The molecule has 3 N–H and O–H groups in total. The van der Waals surface area contributed by atoms with Crippen LogP contribution in [0, 0.1) is 17.5 Å². The van der Waals surface area contributed by atoms with Crippen LogP contribution in [-0.4, -0.2) is 33.9 Å². The molecule has 1 fully saturated rings. The number of benzene rings is 2. The molecule has 26 heavy (non-hydrogen) atoms. The van der Waals surface area contributed by atoms with Crippen LogP contribution in [0.4, 0.5) is 30.5 Å². The molecule has 0 aliphatic carbocycles. The van der Waals surface area contributed by atoms with Crippen LogP contribution >= 0.6 is 0 Å². The smallest absolute Gasteiger partial charge is 0.246 e. The van der Waals surface area contributed by atoms with E-state index in [1.54, 1.807) is 6.07 Å². The topological polar surface area (TPSA) is 66.8 Å². The van der Waals surface area contributed by atoms with E-state index in [1.807, 2.05) is 0 Å². The van der Waals surface area contributed by atoms with Gasteiger partial charge in [-0.3, -0.25) is 0 Å². The Balaban J connectivity index is 1.53. The van der Waals surface area contributed by atoms with E-state index in [9.17, 15) is 13.2 Å². The van der Waals surface area contributed by atoms with Crippen molar-refractivity contribution < 1.29 is 13.2 Å². The summed E-state index contributed by atoms with van der Waals surface area (Å²) in [7, 11) is 0. The minimum absolute atomic E-state index is 0.0611. The van der Waals surface area contributed by atoms with Gasteiger partial charge in [-0.15, -0.1) is 5.10 Å². The molecule has 1 aromatic heterocycles. The molecule has 0 saturated carbocycles. The van der Waals surface area contributed by atoms with E-state index in [4.69, 9.17) is 0 Å². The van der Waals surface area contributed by atoms with Crippen LogP contribution in [0.5, 0.6) is 0 Å². The first kappa shape index (κ1) is 16.4. The Morgan fingerprint density at radius 2 is 1.81 bits per heavy atom. The van der Waals surface area contributed by atoms with E-state index in [2.05, 4.69) is 26.0 Å². The number of nitrogens with zero attached hydrogens (tertiary/aromatic N) is 3. The van der Waals surface area contributed by atoms with Gasteiger partial charge in [0.15, 0.2) is 5.82 Å². The molecule has 0 unspecified atom stereocenters. The van der Waals surface area contributed by atoms with Gasteiger partial charge in [-0.05, 0) is 30.3 Å². The number of nitrogens with one attached hydrogen (secondary N) is 3. The molecule has 1 aliphatic heterocycles. The fraction of sp³-hybridized carbons (Fsp3) is 0.176. The zero-order chi connectivity index (χ0) is 18.1. The van der Waals surface area contributed by atoms with Crippen LogP contribution in [0.3, 0.4) is 0 Å². The van der Waals surface area contributed by atoms with Gasteiger partial charge in [0.25, 0.3) is 0 Å². The molecular weight excluding hydrogens is 345 g/mol. The van der Waals surface area contributed by atoms with Crippen molar-refractivity contribution in [2.24, 2.45) is 0 Å². The van der Waals surface area contributed by atoms with Crippen molar-refractivity contribution >= 4 is 17.3 Å². The molecule has 0 bridgehead atoms. The van der Waals surface area contributed by atoms with Crippen LogP contribution in [0.15, 0.2) is 42.7 Å². The van der Waals surface area contributed by atoms with E-state index < -0.39 is 17.5 Å². The van der Waals surface area contributed by atoms with E-state index in [0.29, 0.717) is 11.4 Å². The Morgan fingerprint density at radius 1 is 1.00 bits per heavy atom. The SMILES string of the molecule is Fc1cc(Nc2ncn(-c3ccc(F)cc3F)n2)cc(NC2CNC2)c1. The lowest BCUT2D eigenvalue weighted by Crippen LogP contribution is -2.51. The fourth-order valence-corrected chi connectivity index (χ4v) is 2.60. The van der Waals surface area contributed by atoms with Crippen molar-refractivity contribution in [3.05, 3.63) is 60.2 Å². The monoisotopic (exact) mass is 360 g/mol. The summed E-state index contributed by atoms with van der Waals surface area (Å²) in [5, 5.41) is 13.3. The highest BCUT2D eigenvalue weighted by Crippen LogP contribution is 2.22. The Hall–Kier alpha value is -3.07. The first-order valence-electron chi connectivity index (χ1n) is 7.99. The number of halogens is 3. The maximum Gasteiger partial charge on any atom is 0.246 e. The molecule has 4 rings (SSSR count). The summed E-state index contributed by atoms with van der Waals surface area (Å²) < 4.78 is 41.8. The third-order valence-corrected chi connectivity index (χ3v) is 3.95. The molecule has 2 aromatic carbocycles. The Kier molecular flexibility index (Phi) is 4.21. The third kappa shape index (κ3) is 3.47. The average molecular weight is 360 g/mol. The maximum absolute atomic E-state index is 13.8. The van der Waals surface area contributed by atoms with Gasteiger partial charge in [0.05, 0.1) is 6.04 Å². The molecule has 134 valence electrons. The van der Waals surface area contributed by atoms with Crippen LogP contribution < -0.4 is 16.0 Å². The summed E-state index contributed by atoms with van der Waals surface area (Å²) in [6.45, 7) is 1.66. The molecule has 1 saturated heterocycles. The predicted octanol–water partition coefficient (Wildman–Crippen LogP) is 2.81. The van der Waals surface area contributed by atoms with Crippen LogP contribution in [0.1, 0.15) is 0 Å². The average Bonchev–Trinajstić information content (AvgIpc) is 2.98. The second-order valence-corrected chi connectivity index (χ2v) is 5.96. The van der Waals surface area contributed by atoms with Gasteiger partial charge in [0, 0.05) is 30.5 Å². The zero-order valence-corrected chi connectivity index (χ0v) is 13.5. The molecule has 6 nitrogen and oxygen atoms in total. The first-order valence-corrected chi connectivity index (χ1v) is 7.99. The Labute approximate surface area is 147 Å². The highest BCUT2D eigenvalue weighted by Gasteiger charge is 2.16. The highest BCUT2D eigenvalue weighted by molar-refractivity contribution is 5.61. The number of aromatic nitrogens is 3. The van der Waals surface area contributed by atoms with Gasteiger partial charge in [-0.25, -0.2) is 17.9 Å². The molecule has 9 heteroatoms. The van der Waals surface area contributed by atoms with Crippen LogP contribution in [0.25, 0.3) is 5.69 Å². The second-order valence-electron chi connectivity index (χ2n) is 5.96. The lowest BCUT2D eigenvalue weighted by atomic mass is 10.1. The highest BCUT2D eigenvalue weighted by atomic mass is 19.1. The number of hydrogen-bond donors (Lipinski definition) is 3. The fourth-order valence-electron chi connectivity index (χ4n) is 2.60. The lowest BCUT2D eigenvalue weighted by molar-refractivity contribution is 0.472. The van der Waals surface area contributed by atoms with Crippen molar-refractivity contribution in [3.8, 4) is 5.69 Å². The summed E-state index contributed by atoms with van der Waals surface area (Å²) in [6, 6.07) is 7.88. The second kappa shape index (κ2) is 6.68. The predicted molar refractivity (Wildman–Crippen MR) is 91.2 cm³/mol. The van der Waals surface area contributed by atoms with Crippen molar-refractivity contribution in [1.29, 1.82) is 0 Å². The summed E-state index contributed by atoms with van der Waals surface area (Å²) >= 11 is 0. The minimum atomic E-state index is -0.757. The van der Waals surface area contributed by atoms with Gasteiger partial charge in [-0.1, -0.05) is 0 Å². The van der Waals surface area contributed by atoms with Gasteiger partial charge < -0.3 is 16.0 Å². The van der Waals surface area contributed by atoms with Crippen molar-refractivity contribution in [2.75, 3.05) is 23.7 Å². The molecule has 0 radical (unpaired) electrons. The quantitative estimate of drug-likeness (QED) is 0.653. The molecular formula is C17H15F3N6. The van der Waals surface area contributed by atoms with Crippen molar-refractivity contribution in [2.45, 2.75) is 6.04 Å². The first-order chi connectivity index (χ1) is 12.6. The molecule has 1 aliphatic rings. The normalized spacial score (nSPS) is 14.1.